The number of hydrogen-bond donors (Lipinski definition) is 0. The first kappa shape index (κ1) is 8.19. The number of rotatable bonds is 2. The van der Waals surface area contributed by atoms with Gasteiger partial charge in [-0.2, -0.15) is 5.10 Å². The smallest absolute Gasteiger partial charge is 0.160 e. The molecule has 0 unspecified atom stereocenters. The van der Waals surface area contributed by atoms with E-state index in [2.05, 4.69) is 5.10 Å². The van der Waals surface area contributed by atoms with E-state index >= 15 is 0 Å². The minimum Gasteiger partial charge on any atom is -0.297 e. The average Bonchev–Trinajstić information content (AvgIpc) is 2.71. The number of aryl methyl sites for hydroxylation is 1. The molecule has 0 spiro atoms. The summed E-state index contributed by atoms with van der Waals surface area (Å²) in [5, 5.41) is 6.12. The van der Waals surface area contributed by atoms with Crippen LogP contribution in [0.15, 0.2) is 23.7 Å². The van der Waals surface area contributed by atoms with Crippen LogP contribution in [0.4, 0.5) is 0 Å². The molecular formula is C9H8N2OS. The summed E-state index contributed by atoms with van der Waals surface area (Å²) in [6.45, 7) is 0. The van der Waals surface area contributed by atoms with E-state index < -0.39 is 0 Å². The Morgan fingerprint density at radius 1 is 1.54 bits per heavy atom. The third-order valence-electron chi connectivity index (χ3n) is 1.79. The highest BCUT2D eigenvalue weighted by Crippen LogP contribution is 2.24. The van der Waals surface area contributed by atoms with Crippen molar-refractivity contribution in [2.24, 2.45) is 7.05 Å². The van der Waals surface area contributed by atoms with Gasteiger partial charge in [-0.05, 0) is 17.5 Å². The number of carbonyl (C=O) groups is 1. The molecule has 0 aromatic carbocycles. The van der Waals surface area contributed by atoms with Crippen LogP contribution >= 0.6 is 11.3 Å². The molecule has 0 aliphatic heterocycles. The lowest BCUT2D eigenvalue weighted by molar-refractivity contribution is 0.112. The molecule has 66 valence electrons. The van der Waals surface area contributed by atoms with Crippen molar-refractivity contribution in [3.8, 4) is 11.3 Å². The SMILES string of the molecule is Cn1ccc(-c2ccsc2C=O)n1. The Bertz CT molecular complexity index is 430. The number of nitrogens with zero attached hydrogens (tertiary/aromatic N) is 2. The molecule has 0 atom stereocenters. The maximum Gasteiger partial charge on any atom is 0.160 e. The molecule has 13 heavy (non-hydrogen) atoms. The highest BCUT2D eigenvalue weighted by atomic mass is 32.1. The molecule has 0 saturated heterocycles. The predicted molar refractivity (Wildman–Crippen MR) is 51.9 cm³/mol. The van der Waals surface area contributed by atoms with Gasteiger partial charge in [-0.3, -0.25) is 9.48 Å². The average molecular weight is 192 g/mol. The Labute approximate surface area is 79.6 Å². The number of aldehydes is 1. The van der Waals surface area contributed by atoms with Crippen molar-refractivity contribution in [3.05, 3.63) is 28.6 Å². The highest BCUT2D eigenvalue weighted by Gasteiger charge is 2.07. The van der Waals surface area contributed by atoms with Crippen LogP contribution in [0.25, 0.3) is 11.3 Å². The molecule has 0 radical (unpaired) electrons. The zero-order valence-corrected chi connectivity index (χ0v) is 7.91. The van der Waals surface area contributed by atoms with Gasteiger partial charge in [0.2, 0.25) is 0 Å². The van der Waals surface area contributed by atoms with E-state index in [1.807, 2.05) is 30.8 Å². The fourth-order valence-electron chi connectivity index (χ4n) is 1.18. The highest BCUT2D eigenvalue weighted by molar-refractivity contribution is 7.12. The first-order valence-corrected chi connectivity index (χ1v) is 4.72. The van der Waals surface area contributed by atoms with Gasteiger partial charge in [0.25, 0.3) is 0 Å². The van der Waals surface area contributed by atoms with Crippen molar-refractivity contribution >= 4 is 17.6 Å². The fraction of sp³-hybridized carbons (Fsp3) is 0.111. The van der Waals surface area contributed by atoms with Gasteiger partial charge in [0, 0.05) is 18.8 Å². The second-order valence-corrected chi connectivity index (χ2v) is 3.64. The van der Waals surface area contributed by atoms with Crippen LogP contribution in [0.3, 0.4) is 0 Å². The number of aromatic nitrogens is 2. The number of thiophene rings is 1. The summed E-state index contributed by atoms with van der Waals surface area (Å²) < 4.78 is 1.72. The molecule has 0 aliphatic rings. The van der Waals surface area contributed by atoms with Gasteiger partial charge in [-0.15, -0.1) is 11.3 Å². The predicted octanol–water partition coefficient (Wildman–Crippen LogP) is 1.96. The third-order valence-corrected chi connectivity index (χ3v) is 2.63. The summed E-state index contributed by atoms with van der Waals surface area (Å²) in [6.07, 6.45) is 2.73. The van der Waals surface area contributed by atoms with Gasteiger partial charge in [0.15, 0.2) is 6.29 Å². The fourth-order valence-corrected chi connectivity index (χ4v) is 1.89. The summed E-state index contributed by atoms with van der Waals surface area (Å²) >= 11 is 1.44. The van der Waals surface area contributed by atoms with E-state index in [1.165, 1.54) is 11.3 Å². The van der Waals surface area contributed by atoms with Crippen molar-refractivity contribution in [1.29, 1.82) is 0 Å². The normalized spacial score (nSPS) is 10.2. The Morgan fingerprint density at radius 2 is 2.38 bits per heavy atom. The standard InChI is InChI=1S/C9H8N2OS/c1-11-4-2-8(10-11)7-3-5-13-9(7)6-12/h2-6H,1H3. The van der Waals surface area contributed by atoms with Crippen LogP contribution < -0.4 is 0 Å². The van der Waals surface area contributed by atoms with Crippen molar-refractivity contribution in [1.82, 2.24) is 9.78 Å². The summed E-state index contributed by atoms with van der Waals surface area (Å²) in [5.41, 5.74) is 1.77. The summed E-state index contributed by atoms with van der Waals surface area (Å²) in [5.74, 6) is 0. The number of hydrogen-bond acceptors (Lipinski definition) is 3. The molecule has 0 saturated carbocycles. The van der Waals surface area contributed by atoms with Crippen molar-refractivity contribution in [2.45, 2.75) is 0 Å². The first-order chi connectivity index (χ1) is 6.31. The molecule has 2 heterocycles. The van der Waals surface area contributed by atoms with E-state index in [4.69, 9.17) is 0 Å². The lowest BCUT2D eigenvalue weighted by atomic mass is 10.2. The van der Waals surface area contributed by atoms with Crippen LogP contribution in [0.5, 0.6) is 0 Å². The van der Waals surface area contributed by atoms with Gasteiger partial charge >= 0.3 is 0 Å². The molecule has 2 aromatic rings. The molecule has 3 nitrogen and oxygen atoms in total. The Kier molecular flexibility index (Phi) is 1.98. The second kappa shape index (κ2) is 3.14. The zero-order chi connectivity index (χ0) is 9.26. The van der Waals surface area contributed by atoms with Crippen LogP contribution in [-0.2, 0) is 7.05 Å². The van der Waals surface area contributed by atoms with Gasteiger partial charge in [-0.25, -0.2) is 0 Å². The minimum absolute atomic E-state index is 0.735. The van der Waals surface area contributed by atoms with E-state index in [-0.39, 0.29) is 0 Å². The van der Waals surface area contributed by atoms with Gasteiger partial charge < -0.3 is 0 Å². The molecule has 0 N–H and O–H groups in total. The monoisotopic (exact) mass is 192 g/mol. The Hall–Kier alpha value is -1.42. The van der Waals surface area contributed by atoms with Crippen LogP contribution in [0, 0.1) is 0 Å². The molecule has 2 aromatic heterocycles. The first-order valence-electron chi connectivity index (χ1n) is 3.84. The quantitative estimate of drug-likeness (QED) is 0.682. The lowest BCUT2D eigenvalue weighted by Crippen LogP contribution is -1.88. The van der Waals surface area contributed by atoms with E-state index in [0.717, 1.165) is 22.4 Å². The van der Waals surface area contributed by atoms with Crippen LogP contribution in [0.1, 0.15) is 9.67 Å². The molecule has 0 aliphatic carbocycles. The van der Waals surface area contributed by atoms with Crippen LogP contribution in [-0.4, -0.2) is 16.1 Å². The van der Waals surface area contributed by atoms with Crippen molar-refractivity contribution in [2.75, 3.05) is 0 Å². The maximum atomic E-state index is 10.6. The molecule has 2 rings (SSSR count). The van der Waals surface area contributed by atoms with Crippen molar-refractivity contribution < 1.29 is 4.79 Å². The topological polar surface area (TPSA) is 34.9 Å². The second-order valence-electron chi connectivity index (χ2n) is 2.69. The Morgan fingerprint density at radius 3 is 3.00 bits per heavy atom. The van der Waals surface area contributed by atoms with E-state index in [9.17, 15) is 4.79 Å². The summed E-state index contributed by atoms with van der Waals surface area (Å²) in [4.78, 5) is 11.4. The summed E-state index contributed by atoms with van der Waals surface area (Å²) in [7, 11) is 1.86. The maximum absolute atomic E-state index is 10.6. The van der Waals surface area contributed by atoms with Gasteiger partial charge in [0.05, 0.1) is 10.6 Å². The van der Waals surface area contributed by atoms with Crippen LogP contribution in [0.2, 0.25) is 0 Å². The lowest BCUT2D eigenvalue weighted by Gasteiger charge is -1.91. The molecule has 0 amide bonds. The van der Waals surface area contributed by atoms with Gasteiger partial charge in [0.1, 0.15) is 0 Å². The zero-order valence-electron chi connectivity index (χ0n) is 7.10. The van der Waals surface area contributed by atoms with E-state index in [0.29, 0.717) is 0 Å². The summed E-state index contributed by atoms with van der Waals surface area (Å²) in [6, 6.07) is 3.81. The third kappa shape index (κ3) is 1.40. The largest absolute Gasteiger partial charge is 0.297 e. The van der Waals surface area contributed by atoms with Gasteiger partial charge in [-0.1, -0.05) is 0 Å². The van der Waals surface area contributed by atoms with Crippen molar-refractivity contribution in [3.63, 3.8) is 0 Å². The number of carbonyl (C=O) groups excluding carboxylic acids is 1. The molecule has 0 bridgehead atoms. The Balaban J connectivity index is 2.51. The van der Waals surface area contributed by atoms with E-state index in [1.54, 1.807) is 4.68 Å². The minimum atomic E-state index is 0.735. The molecule has 0 fully saturated rings. The molecule has 4 heteroatoms. The molecular weight excluding hydrogens is 184 g/mol.